The number of carbonyl (C=O) groups is 1. The van der Waals surface area contributed by atoms with Crippen molar-refractivity contribution in [2.75, 3.05) is 12.8 Å². The molecular formula is C26H26FN5O3. The van der Waals surface area contributed by atoms with Crippen LogP contribution in [0.5, 0.6) is 5.75 Å². The molecule has 0 bridgehead atoms. The minimum Gasteiger partial charge on any atom is -0.496 e. The highest BCUT2D eigenvalue weighted by molar-refractivity contribution is 5.96. The van der Waals surface area contributed by atoms with Gasteiger partial charge in [-0.05, 0) is 54.8 Å². The number of amides is 1. The normalized spacial score (nSPS) is 13.9. The molecule has 180 valence electrons. The molecule has 1 saturated carbocycles. The molecule has 0 radical (unpaired) electrons. The molecule has 1 aliphatic rings. The van der Waals surface area contributed by atoms with E-state index in [1.807, 2.05) is 34.9 Å². The van der Waals surface area contributed by atoms with E-state index >= 15 is 0 Å². The van der Waals surface area contributed by atoms with Gasteiger partial charge < -0.3 is 15.8 Å². The van der Waals surface area contributed by atoms with E-state index in [4.69, 9.17) is 10.5 Å². The van der Waals surface area contributed by atoms with Crippen LogP contribution in [0.4, 0.5) is 10.2 Å². The van der Waals surface area contributed by atoms with Gasteiger partial charge in [0.05, 0.1) is 23.9 Å². The SMILES string of the molecule is COc1ccc(F)cc1C(=O)NCc1ccc(-n2c(=O)n(C3CCCC3)c3ccnc(N)c32)cc1. The van der Waals surface area contributed by atoms with E-state index in [1.165, 1.54) is 19.2 Å². The zero-order chi connectivity index (χ0) is 24.5. The predicted octanol–water partition coefficient (Wildman–Crippen LogP) is 3.96. The van der Waals surface area contributed by atoms with Gasteiger partial charge in [0.1, 0.15) is 22.9 Å². The van der Waals surface area contributed by atoms with Crippen LogP contribution < -0.4 is 21.5 Å². The molecule has 0 spiro atoms. The van der Waals surface area contributed by atoms with Gasteiger partial charge in [-0.15, -0.1) is 0 Å². The van der Waals surface area contributed by atoms with Gasteiger partial charge in [-0.1, -0.05) is 25.0 Å². The molecular weight excluding hydrogens is 449 g/mol. The summed E-state index contributed by atoms with van der Waals surface area (Å²) in [5.41, 5.74) is 9.07. The number of ether oxygens (including phenoxy) is 1. The zero-order valence-corrected chi connectivity index (χ0v) is 19.3. The molecule has 8 nitrogen and oxygen atoms in total. The Kier molecular flexibility index (Phi) is 5.98. The molecule has 0 atom stereocenters. The number of halogens is 1. The molecule has 4 aromatic rings. The topological polar surface area (TPSA) is 104 Å². The van der Waals surface area contributed by atoms with Crippen molar-refractivity contribution in [3.8, 4) is 11.4 Å². The van der Waals surface area contributed by atoms with Crippen LogP contribution in [-0.2, 0) is 6.54 Å². The third-order valence-corrected chi connectivity index (χ3v) is 6.56. The van der Waals surface area contributed by atoms with Crippen molar-refractivity contribution in [2.24, 2.45) is 0 Å². The number of pyridine rings is 1. The Hall–Kier alpha value is -4.14. The fourth-order valence-corrected chi connectivity index (χ4v) is 4.84. The van der Waals surface area contributed by atoms with Gasteiger partial charge >= 0.3 is 5.69 Å². The van der Waals surface area contributed by atoms with Crippen molar-refractivity contribution < 1.29 is 13.9 Å². The summed E-state index contributed by atoms with van der Waals surface area (Å²) in [6.07, 6.45) is 5.77. The summed E-state index contributed by atoms with van der Waals surface area (Å²) >= 11 is 0. The highest BCUT2D eigenvalue weighted by Crippen LogP contribution is 2.32. The number of methoxy groups -OCH3 is 1. The number of aromatic nitrogens is 3. The fourth-order valence-electron chi connectivity index (χ4n) is 4.84. The lowest BCUT2D eigenvalue weighted by Gasteiger charge is -2.11. The van der Waals surface area contributed by atoms with Crippen molar-refractivity contribution >= 4 is 22.8 Å². The van der Waals surface area contributed by atoms with Crippen molar-refractivity contribution in [1.82, 2.24) is 19.4 Å². The summed E-state index contributed by atoms with van der Waals surface area (Å²) in [4.78, 5) is 30.3. The first-order chi connectivity index (χ1) is 17.0. The van der Waals surface area contributed by atoms with E-state index in [1.54, 1.807) is 10.8 Å². The number of benzene rings is 2. The van der Waals surface area contributed by atoms with Crippen LogP contribution in [0.2, 0.25) is 0 Å². The van der Waals surface area contributed by atoms with Crippen LogP contribution in [0.3, 0.4) is 0 Å². The number of nitrogens with zero attached hydrogens (tertiary/aromatic N) is 3. The van der Waals surface area contributed by atoms with Gasteiger partial charge in [0, 0.05) is 18.8 Å². The summed E-state index contributed by atoms with van der Waals surface area (Å²) in [5.74, 6) is -0.364. The minimum atomic E-state index is -0.517. The predicted molar refractivity (Wildman–Crippen MR) is 131 cm³/mol. The molecule has 2 aromatic heterocycles. The average molecular weight is 476 g/mol. The van der Waals surface area contributed by atoms with Crippen LogP contribution in [0.15, 0.2) is 59.5 Å². The highest BCUT2D eigenvalue weighted by Gasteiger charge is 2.25. The quantitative estimate of drug-likeness (QED) is 0.439. The fraction of sp³-hybridized carbons (Fsp3) is 0.269. The second-order valence-corrected chi connectivity index (χ2v) is 8.68. The number of nitrogen functional groups attached to an aromatic ring is 1. The monoisotopic (exact) mass is 475 g/mol. The van der Waals surface area contributed by atoms with Crippen molar-refractivity contribution in [3.63, 3.8) is 0 Å². The zero-order valence-electron chi connectivity index (χ0n) is 19.3. The lowest BCUT2D eigenvalue weighted by atomic mass is 10.1. The number of nitrogens with two attached hydrogens (primary N) is 1. The largest absolute Gasteiger partial charge is 0.496 e. The first-order valence-corrected chi connectivity index (χ1v) is 11.6. The molecule has 0 aliphatic heterocycles. The van der Waals surface area contributed by atoms with E-state index in [0.717, 1.165) is 42.8 Å². The van der Waals surface area contributed by atoms with E-state index in [2.05, 4.69) is 10.3 Å². The molecule has 1 aliphatic carbocycles. The second kappa shape index (κ2) is 9.25. The lowest BCUT2D eigenvalue weighted by Crippen LogP contribution is -2.26. The van der Waals surface area contributed by atoms with Gasteiger partial charge in [0.25, 0.3) is 5.91 Å². The van der Waals surface area contributed by atoms with Crippen molar-refractivity contribution in [3.05, 3.63) is 82.2 Å². The Morgan fingerprint density at radius 3 is 2.63 bits per heavy atom. The molecule has 1 amide bonds. The van der Waals surface area contributed by atoms with E-state index in [0.29, 0.717) is 22.8 Å². The van der Waals surface area contributed by atoms with Gasteiger partial charge in [0.2, 0.25) is 0 Å². The first-order valence-electron chi connectivity index (χ1n) is 11.6. The summed E-state index contributed by atoms with van der Waals surface area (Å²) in [6, 6.07) is 13.1. The second-order valence-electron chi connectivity index (χ2n) is 8.68. The maximum Gasteiger partial charge on any atom is 0.334 e. The third-order valence-electron chi connectivity index (χ3n) is 6.56. The van der Waals surface area contributed by atoms with Crippen LogP contribution in [-0.4, -0.2) is 27.1 Å². The van der Waals surface area contributed by atoms with Crippen LogP contribution >= 0.6 is 0 Å². The number of carbonyl (C=O) groups excluding carboxylic acids is 1. The molecule has 2 heterocycles. The number of imidazole rings is 1. The van der Waals surface area contributed by atoms with E-state index in [9.17, 15) is 14.0 Å². The number of anilines is 1. The molecule has 0 saturated heterocycles. The van der Waals surface area contributed by atoms with Gasteiger partial charge in [-0.3, -0.25) is 13.9 Å². The third kappa shape index (κ3) is 4.14. The smallest absolute Gasteiger partial charge is 0.334 e. The van der Waals surface area contributed by atoms with Crippen LogP contribution in [0.1, 0.15) is 47.6 Å². The van der Waals surface area contributed by atoms with Gasteiger partial charge in [-0.2, -0.15) is 0 Å². The Morgan fingerprint density at radius 2 is 1.91 bits per heavy atom. The number of fused-ring (bicyclic) bond motifs is 1. The number of hydrogen-bond donors (Lipinski definition) is 2. The Balaban J connectivity index is 1.42. The van der Waals surface area contributed by atoms with Gasteiger partial charge in [-0.25, -0.2) is 14.2 Å². The molecule has 3 N–H and O–H groups in total. The van der Waals surface area contributed by atoms with Gasteiger partial charge in [0.15, 0.2) is 0 Å². The maximum absolute atomic E-state index is 13.6. The lowest BCUT2D eigenvalue weighted by molar-refractivity contribution is 0.0947. The molecule has 2 aromatic carbocycles. The summed E-state index contributed by atoms with van der Waals surface area (Å²) in [5, 5.41) is 2.78. The molecule has 0 unspecified atom stereocenters. The highest BCUT2D eigenvalue weighted by atomic mass is 19.1. The molecule has 35 heavy (non-hydrogen) atoms. The van der Waals surface area contributed by atoms with Crippen molar-refractivity contribution in [2.45, 2.75) is 38.3 Å². The maximum atomic E-state index is 13.6. The summed E-state index contributed by atoms with van der Waals surface area (Å²) in [6.45, 7) is 0.223. The number of rotatable bonds is 6. The summed E-state index contributed by atoms with van der Waals surface area (Å²) in [7, 11) is 1.43. The Labute approximate surface area is 201 Å². The van der Waals surface area contributed by atoms with E-state index < -0.39 is 11.7 Å². The molecule has 1 fully saturated rings. The number of nitrogens with one attached hydrogen (secondary N) is 1. The minimum absolute atomic E-state index is 0.123. The van der Waals surface area contributed by atoms with E-state index in [-0.39, 0.29) is 23.8 Å². The first kappa shape index (κ1) is 22.6. The Morgan fingerprint density at radius 1 is 1.17 bits per heavy atom. The van der Waals surface area contributed by atoms with Crippen LogP contribution in [0, 0.1) is 5.82 Å². The standard InChI is InChI=1S/C26H26FN5O3/c1-35-22-11-8-17(27)14-20(22)25(33)30-15-16-6-9-19(10-7-16)32-23-21(12-13-29-24(23)28)31(26(32)34)18-4-2-3-5-18/h6-14,18H,2-5,15H2,1H3,(H2,28,29)(H,30,33). The number of hydrogen-bond acceptors (Lipinski definition) is 5. The van der Waals surface area contributed by atoms with Crippen molar-refractivity contribution in [1.29, 1.82) is 0 Å². The van der Waals surface area contributed by atoms with Crippen LogP contribution in [0.25, 0.3) is 16.7 Å². The average Bonchev–Trinajstić information content (AvgIpc) is 3.49. The summed E-state index contributed by atoms with van der Waals surface area (Å²) < 4.78 is 22.2. The Bertz CT molecular complexity index is 1450. The molecule has 5 rings (SSSR count). The molecule has 9 heteroatoms.